The number of nitrogens with one attached hydrogen (secondary N) is 2. The Morgan fingerprint density at radius 1 is 0.767 bits per heavy atom. The Bertz CT molecular complexity index is 1140. The summed E-state index contributed by atoms with van der Waals surface area (Å²) in [4.78, 5) is 28.8. The number of benzene rings is 2. The number of piperidine rings is 1. The number of likely N-dealkylation sites (N-methyl/N-ethyl adjacent to an activating group) is 1. The Morgan fingerprint density at radius 3 is 1.91 bits per heavy atom. The highest BCUT2D eigenvalue weighted by molar-refractivity contribution is 5.96. The number of carbonyl (C=O) groups is 2. The van der Waals surface area contributed by atoms with Crippen molar-refractivity contribution in [2.75, 3.05) is 49.9 Å². The van der Waals surface area contributed by atoms with Crippen LogP contribution in [0.4, 0.5) is 11.4 Å². The lowest BCUT2D eigenvalue weighted by Crippen LogP contribution is -2.53. The monoisotopic (exact) mass is 591 g/mol. The van der Waals surface area contributed by atoms with E-state index in [1.807, 2.05) is 12.1 Å². The zero-order valence-electron chi connectivity index (χ0n) is 28.1. The number of unbranched alkanes of at least 4 members (excludes halogenated alkanes) is 5. The van der Waals surface area contributed by atoms with Gasteiger partial charge in [0.2, 0.25) is 5.91 Å². The molecule has 2 N–H and O–H groups in total. The van der Waals surface area contributed by atoms with Gasteiger partial charge in [-0.3, -0.25) is 14.5 Å². The van der Waals surface area contributed by atoms with Crippen LogP contribution in [0.1, 0.15) is 100 Å². The van der Waals surface area contributed by atoms with Crippen LogP contribution in [-0.2, 0) is 9.59 Å². The highest BCUT2D eigenvalue weighted by Gasteiger charge is 2.29. The average molecular weight is 592 g/mol. The quantitative estimate of drug-likeness (QED) is 0.145. The van der Waals surface area contributed by atoms with Crippen LogP contribution in [0.15, 0.2) is 36.4 Å². The van der Waals surface area contributed by atoms with E-state index in [1.54, 1.807) is 0 Å². The van der Waals surface area contributed by atoms with Crippen LogP contribution >= 0.6 is 0 Å². The summed E-state index contributed by atoms with van der Waals surface area (Å²) in [7, 11) is 0. The van der Waals surface area contributed by atoms with Gasteiger partial charge in [-0.1, -0.05) is 69.0 Å². The fourth-order valence-electron chi connectivity index (χ4n) is 6.91. The van der Waals surface area contributed by atoms with Gasteiger partial charge < -0.3 is 15.1 Å². The predicted molar refractivity (Wildman–Crippen MR) is 182 cm³/mol. The number of aryl methyl sites for hydroxylation is 4. The molecule has 1 saturated heterocycles. The van der Waals surface area contributed by atoms with Crippen LogP contribution in [0, 0.1) is 27.7 Å². The summed E-state index contributed by atoms with van der Waals surface area (Å²) in [6.45, 7) is 18.4. The number of nitrogens with zero attached hydrogens (tertiary/aromatic N) is 2. The zero-order valence-corrected chi connectivity index (χ0v) is 28.1. The molecule has 6 heteroatoms. The predicted octanol–water partition coefficient (Wildman–Crippen LogP) is 7.94. The van der Waals surface area contributed by atoms with E-state index < -0.39 is 0 Å². The fourth-order valence-corrected chi connectivity index (χ4v) is 6.91. The molecule has 3 rings (SSSR count). The summed E-state index contributed by atoms with van der Waals surface area (Å²) in [5.41, 5.74) is 6.44. The van der Waals surface area contributed by atoms with Crippen molar-refractivity contribution < 1.29 is 14.1 Å². The van der Waals surface area contributed by atoms with Gasteiger partial charge in [0.25, 0.3) is 5.91 Å². The minimum absolute atomic E-state index is 0.0156. The highest BCUT2D eigenvalue weighted by atomic mass is 16.2. The van der Waals surface area contributed by atoms with Crippen molar-refractivity contribution in [2.45, 2.75) is 112 Å². The molecule has 2 unspecified atom stereocenters. The summed E-state index contributed by atoms with van der Waals surface area (Å²) < 4.78 is 0.869. The molecule has 0 saturated carbocycles. The molecule has 2 aromatic rings. The molecule has 1 aliphatic heterocycles. The molecule has 238 valence electrons. The lowest BCUT2D eigenvalue weighted by Gasteiger charge is -2.37. The van der Waals surface area contributed by atoms with Crippen molar-refractivity contribution in [2.24, 2.45) is 0 Å². The van der Waals surface area contributed by atoms with Crippen LogP contribution in [-0.4, -0.2) is 66.5 Å². The maximum absolute atomic E-state index is 13.3. The largest absolute Gasteiger partial charge is 0.324 e. The first-order valence-electron chi connectivity index (χ1n) is 17.0. The van der Waals surface area contributed by atoms with Crippen molar-refractivity contribution in [1.82, 2.24) is 4.90 Å². The van der Waals surface area contributed by atoms with Gasteiger partial charge in [-0.05, 0) is 108 Å². The zero-order chi connectivity index (χ0) is 31.2. The number of rotatable bonds is 17. The third-order valence-corrected chi connectivity index (χ3v) is 9.57. The van der Waals surface area contributed by atoms with Crippen LogP contribution in [0.2, 0.25) is 0 Å². The van der Waals surface area contributed by atoms with E-state index in [2.05, 4.69) is 81.3 Å². The van der Waals surface area contributed by atoms with Crippen LogP contribution < -0.4 is 10.6 Å². The molecular weight excluding hydrogens is 532 g/mol. The molecule has 0 aromatic heterocycles. The molecule has 1 aliphatic rings. The second-order valence-electron chi connectivity index (χ2n) is 13.0. The van der Waals surface area contributed by atoms with Gasteiger partial charge in [0, 0.05) is 11.4 Å². The fraction of sp³-hybridized carbons (Fsp3) is 0.622. The molecule has 0 bridgehead atoms. The molecule has 2 aromatic carbocycles. The standard InChI is InChI=1S/C37H58N4O2/c1-7-26-41(8-2,28-34(42)38-35-29(3)19-17-20-30(35)4)27-16-12-10-9-11-14-24-40-25-15-13-23-33(40)37(43)39-36-31(5)21-18-22-32(36)6/h17-22,33H,7-16,23-28H2,1-6H3,(H-,38,39,42,43)/p+1. The Morgan fingerprint density at radius 2 is 1.33 bits per heavy atom. The molecule has 0 aliphatic carbocycles. The maximum Gasteiger partial charge on any atom is 0.279 e. The Hall–Kier alpha value is -2.70. The molecular formula is C37H59N4O2+. The molecule has 2 amide bonds. The molecule has 6 nitrogen and oxygen atoms in total. The van der Waals surface area contributed by atoms with Crippen LogP contribution in [0.25, 0.3) is 0 Å². The van der Waals surface area contributed by atoms with E-state index >= 15 is 0 Å². The van der Waals surface area contributed by atoms with Gasteiger partial charge in [0.1, 0.15) is 0 Å². The molecule has 0 radical (unpaired) electrons. The first-order valence-corrected chi connectivity index (χ1v) is 17.0. The highest BCUT2D eigenvalue weighted by Crippen LogP contribution is 2.24. The molecule has 0 spiro atoms. The first-order chi connectivity index (χ1) is 20.7. The Balaban J connectivity index is 1.39. The van der Waals surface area contributed by atoms with Crippen molar-refractivity contribution in [1.29, 1.82) is 0 Å². The van der Waals surface area contributed by atoms with Gasteiger partial charge in [-0.25, -0.2) is 0 Å². The number of quaternary nitrogens is 1. The van der Waals surface area contributed by atoms with E-state index in [9.17, 15) is 9.59 Å². The second-order valence-corrected chi connectivity index (χ2v) is 13.0. The van der Waals surface area contributed by atoms with E-state index in [-0.39, 0.29) is 17.9 Å². The van der Waals surface area contributed by atoms with Gasteiger partial charge >= 0.3 is 0 Å². The number of amides is 2. The SMILES string of the molecule is CCC[N+](CC)(CCCCCCCCN1CCCCC1C(=O)Nc1c(C)cccc1C)CC(=O)Nc1c(C)cccc1C. The first kappa shape index (κ1) is 34.8. The van der Waals surface area contributed by atoms with Gasteiger partial charge in [0.15, 0.2) is 6.54 Å². The lowest BCUT2D eigenvalue weighted by atomic mass is 10.00. The summed E-state index contributed by atoms with van der Waals surface area (Å²) in [6.07, 6.45) is 11.6. The molecule has 1 fully saturated rings. The Labute approximate surface area is 262 Å². The number of hydrogen-bond donors (Lipinski definition) is 2. The van der Waals surface area contributed by atoms with Crippen molar-refractivity contribution >= 4 is 23.2 Å². The summed E-state index contributed by atoms with van der Waals surface area (Å²) in [5.74, 6) is 0.288. The summed E-state index contributed by atoms with van der Waals surface area (Å²) >= 11 is 0. The smallest absolute Gasteiger partial charge is 0.279 e. The minimum Gasteiger partial charge on any atom is -0.324 e. The van der Waals surface area contributed by atoms with Crippen LogP contribution in [0.5, 0.6) is 0 Å². The average Bonchev–Trinajstić information content (AvgIpc) is 2.98. The van der Waals surface area contributed by atoms with E-state index in [4.69, 9.17) is 0 Å². The maximum atomic E-state index is 13.3. The summed E-state index contributed by atoms with van der Waals surface area (Å²) in [6, 6.07) is 12.3. The third kappa shape index (κ3) is 10.5. The van der Waals surface area contributed by atoms with Crippen molar-refractivity contribution in [3.8, 4) is 0 Å². The molecule has 43 heavy (non-hydrogen) atoms. The van der Waals surface area contributed by atoms with E-state index in [0.29, 0.717) is 6.54 Å². The number of para-hydroxylation sites is 2. The van der Waals surface area contributed by atoms with Gasteiger partial charge in [-0.2, -0.15) is 0 Å². The number of hydrogen-bond acceptors (Lipinski definition) is 3. The Kier molecular flexibility index (Phi) is 14.2. The van der Waals surface area contributed by atoms with Crippen LogP contribution in [0.3, 0.4) is 0 Å². The van der Waals surface area contributed by atoms with Crippen molar-refractivity contribution in [3.05, 3.63) is 58.7 Å². The third-order valence-electron chi connectivity index (χ3n) is 9.57. The number of likely N-dealkylation sites (tertiary alicyclic amines) is 1. The topological polar surface area (TPSA) is 61.4 Å². The number of carbonyl (C=O) groups excluding carboxylic acids is 2. The normalized spacial score (nSPS) is 16.9. The lowest BCUT2D eigenvalue weighted by molar-refractivity contribution is -0.919. The second kappa shape index (κ2) is 17.6. The number of anilines is 2. The minimum atomic E-state index is -0.0156. The summed E-state index contributed by atoms with van der Waals surface area (Å²) in [5, 5.41) is 6.47. The molecule has 2 atom stereocenters. The van der Waals surface area contributed by atoms with E-state index in [1.165, 1.54) is 32.1 Å². The van der Waals surface area contributed by atoms with E-state index in [0.717, 1.165) is 103 Å². The van der Waals surface area contributed by atoms with Crippen molar-refractivity contribution in [3.63, 3.8) is 0 Å². The van der Waals surface area contributed by atoms with Gasteiger partial charge in [-0.15, -0.1) is 0 Å². The molecule has 1 heterocycles. The van der Waals surface area contributed by atoms with Gasteiger partial charge in [0.05, 0.1) is 25.7 Å².